The Hall–Kier alpha value is -1.50. The summed E-state index contributed by atoms with van der Waals surface area (Å²) in [7, 11) is 1.81. The minimum absolute atomic E-state index is 0. The van der Waals surface area contributed by atoms with E-state index < -0.39 is 0 Å². The van der Waals surface area contributed by atoms with E-state index in [1.54, 1.807) is 0 Å². The number of hydrogen-bond donors (Lipinski definition) is 2. The molecule has 1 heterocycles. The zero-order valence-electron chi connectivity index (χ0n) is 14.6. The smallest absolute Gasteiger partial charge is 0.224 e. The van der Waals surface area contributed by atoms with Gasteiger partial charge >= 0.3 is 0 Å². The highest BCUT2D eigenvalue weighted by molar-refractivity contribution is 5.85. The standard InChI is InChI=1S/C17H26N4O2.2ClH/c1-18-9-7-16(22)19-10-8-17(23)21-13-11-20(12-14-21)15-5-3-2-4-6-15;;/h2-6,18H,7-14H2,1H3,(H,19,22);2*1H. The molecule has 1 aliphatic rings. The van der Waals surface area contributed by atoms with Crippen molar-refractivity contribution in [2.24, 2.45) is 0 Å². The fourth-order valence-electron chi connectivity index (χ4n) is 2.65. The lowest BCUT2D eigenvalue weighted by Crippen LogP contribution is -2.49. The lowest BCUT2D eigenvalue weighted by molar-refractivity contribution is -0.131. The third-order valence-corrected chi connectivity index (χ3v) is 4.02. The molecule has 0 unspecified atom stereocenters. The topological polar surface area (TPSA) is 64.7 Å². The van der Waals surface area contributed by atoms with Crippen molar-refractivity contribution in [1.82, 2.24) is 15.5 Å². The number of benzene rings is 1. The number of amides is 2. The molecule has 0 spiro atoms. The molecule has 142 valence electrons. The van der Waals surface area contributed by atoms with Crippen LogP contribution in [0.15, 0.2) is 30.3 Å². The van der Waals surface area contributed by atoms with E-state index in [0.717, 1.165) is 26.2 Å². The molecule has 1 aliphatic heterocycles. The van der Waals surface area contributed by atoms with Gasteiger partial charge in [0.05, 0.1) is 0 Å². The van der Waals surface area contributed by atoms with Gasteiger partial charge in [-0.1, -0.05) is 18.2 Å². The number of para-hydroxylation sites is 1. The van der Waals surface area contributed by atoms with Crippen LogP contribution in [0.1, 0.15) is 12.8 Å². The second-order valence-electron chi connectivity index (χ2n) is 5.66. The third-order valence-electron chi connectivity index (χ3n) is 4.02. The number of nitrogens with zero attached hydrogens (tertiary/aromatic N) is 2. The van der Waals surface area contributed by atoms with Gasteiger partial charge in [-0.15, -0.1) is 24.8 Å². The number of carbonyl (C=O) groups is 2. The quantitative estimate of drug-likeness (QED) is 0.736. The van der Waals surface area contributed by atoms with Gasteiger partial charge in [0.1, 0.15) is 0 Å². The van der Waals surface area contributed by atoms with E-state index in [0.29, 0.717) is 25.9 Å². The summed E-state index contributed by atoms with van der Waals surface area (Å²) in [5.41, 5.74) is 1.20. The third kappa shape index (κ3) is 7.94. The summed E-state index contributed by atoms with van der Waals surface area (Å²) in [5, 5.41) is 5.71. The molecule has 0 bridgehead atoms. The van der Waals surface area contributed by atoms with Crippen LogP contribution in [-0.4, -0.2) is 63.0 Å². The predicted octanol–water partition coefficient (Wildman–Crippen LogP) is 1.29. The number of carbonyl (C=O) groups excluding carboxylic acids is 2. The maximum atomic E-state index is 12.2. The summed E-state index contributed by atoms with van der Waals surface area (Å²) < 4.78 is 0. The summed E-state index contributed by atoms with van der Waals surface area (Å²) in [6.07, 6.45) is 0.817. The lowest BCUT2D eigenvalue weighted by atomic mass is 10.2. The Morgan fingerprint density at radius 3 is 2.20 bits per heavy atom. The average molecular weight is 391 g/mol. The minimum atomic E-state index is -0.0129. The van der Waals surface area contributed by atoms with Crippen LogP contribution in [0.25, 0.3) is 0 Å². The fourth-order valence-corrected chi connectivity index (χ4v) is 2.65. The van der Waals surface area contributed by atoms with E-state index in [4.69, 9.17) is 0 Å². The summed E-state index contributed by atoms with van der Waals surface area (Å²) in [5.74, 6) is 0.104. The summed E-state index contributed by atoms with van der Waals surface area (Å²) in [6.45, 7) is 4.25. The van der Waals surface area contributed by atoms with E-state index >= 15 is 0 Å². The second kappa shape index (κ2) is 12.8. The average Bonchev–Trinajstić information content (AvgIpc) is 2.60. The molecule has 1 aromatic carbocycles. The molecule has 0 saturated carbocycles. The van der Waals surface area contributed by atoms with Crippen molar-refractivity contribution in [3.05, 3.63) is 30.3 Å². The maximum Gasteiger partial charge on any atom is 0.224 e. The van der Waals surface area contributed by atoms with Gasteiger partial charge in [0.25, 0.3) is 0 Å². The minimum Gasteiger partial charge on any atom is -0.368 e. The highest BCUT2D eigenvalue weighted by Gasteiger charge is 2.20. The van der Waals surface area contributed by atoms with Crippen molar-refractivity contribution in [3.8, 4) is 0 Å². The first-order valence-corrected chi connectivity index (χ1v) is 8.20. The Bertz CT molecular complexity index is 509. The molecule has 2 amide bonds. The Kier molecular flexibility index (Phi) is 12.0. The number of halogens is 2. The Labute approximate surface area is 162 Å². The molecule has 1 aromatic rings. The first-order valence-electron chi connectivity index (χ1n) is 8.20. The Balaban J connectivity index is 0.00000288. The first-order chi connectivity index (χ1) is 11.2. The van der Waals surface area contributed by atoms with Gasteiger partial charge in [-0.3, -0.25) is 9.59 Å². The molecule has 6 nitrogen and oxygen atoms in total. The van der Waals surface area contributed by atoms with Crippen LogP contribution in [0.4, 0.5) is 5.69 Å². The van der Waals surface area contributed by atoms with Crippen LogP contribution >= 0.6 is 24.8 Å². The van der Waals surface area contributed by atoms with Crippen LogP contribution in [0.3, 0.4) is 0 Å². The number of nitrogens with one attached hydrogen (secondary N) is 2. The monoisotopic (exact) mass is 390 g/mol. The van der Waals surface area contributed by atoms with Crippen molar-refractivity contribution in [1.29, 1.82) is 0 Å². The number of rotatable bonds is 7. The molecule has 1 fully saturated rings. The van der Waals surface area contributed by atoms with Crippen LogP contribution in [0.2, 0.25) is 0 Å². The zero-order valence-corrected chi connectivity index (χ0v) is 16.2. The highest BCUT2D eigenvalue weighted by Crippen LogP contribution is 2.15. The second-order valence-corrected chi connectivity index (χ2v) is 5.66. The Morgan fingerprint density at radius 2 is 1.60 bits per heavy atom. The first kappa shape index (κ1) is 23.5. The number of hydrogen-bond acceptors (Lipinski definition) is 4. The fraction of sp³-hybridized carbons (Fsp3) is 0.529. The molecule has 0 radical (unpaired) electrons. The van der Waals surface area contributed by atoms with Crippen molar-refractivity contribution in [2.75, 3.05) is 51.2 Å². The molecule has 1 saturated heterocycles. The zero-order chi connectivity index (χ0) is 16.5. The highest BCUT2D eigenvalue weighted by atomic mass is 35.5. The van der Waals surface area contributed by atoms with Gasteiger partial charge in [0, 0.05) is 57.8 Å². The summed E-state index contributed by atoms with van der Waals surface area (Å²) in [4.78, 5) is 27.8. The van der Waals surface area contributed by atoms with E-state index in [2.05, 4.69) is 27.7 Å². The predicted molar refractivity (Wildman–Crippen MR) is 106 cm³/mol. The van der Waals surface area contributed by atoms with Crippen molar-refractivity contribution in [2.45, 2.75) is 12.8 Å². The maximum absolute atomic E-state index is 12.2. The molecule has 0 aromatic heterocycles. The molecular formula is C17H28Cl2N4O2. The molecule has 2 rings (SSSR count). The number of anilines is 1. The van der Waals surface area contributed by atoms with E-state index in [-0.39, 0.29) is 36.6 Å². The molecule has 2 N–H and O–H groups in total. The molecule has 0 aliphatic carbocycles. The molecule has 25 heavy (non-hydrogen) atoms. The van der Waals surface area contributed by atoms with Crippen LogP contribution in [-0.2, 0) is 9.59 Å². The SMILES string of the molecule is CNCCC(=O)NCCC(=O)N1CCN(c2ccccc2)CC1.Cl.Cl. The Morgan fingerprint density at radius 1 is 0.960 bits per heavy atom. The van der Waals surface area contributed by atoms with E-state index in [9.17, 15) is 9.59 Å². The van der Waals surface area contributed by atoms with Crippen molar-refractivity contribution >= 4 is 42.3 Å². The van der Waals surface area contributed by atoms with Crippen molar-refractivity contribution < 1.29 is 9.59 Å². The van der Waals surface area contributed by atoms with Gasteiger partial charge in [0.15, 0.2) is 0 Å². The lowest BCUT2D eigenvalue weighted by Gasteiger charge is -2.36. The largest absolute Gasteiger partial charge is 0.368 e. The summed E-state index contributed by atoms with van der Waals surface area (Å²) >= 11 is 0. The number of piperazine rings is 1. The molecular weight excluding hydrogens is 363 g/mol. The van der Waals surface area contributed by atoms with Crippen LogP contribution in [0, 0.1) is 0 Å². The normalized spacial score (nSPS) is 13.5. The summed E-state index contributed by atoms with van der Waals surface area (Å²) in [6, 6.07) is 10.3. The van der Waals surface area contributed by atoms with Gasteiger partial charge < -0.3 is 20.4 Å². The van der Waals surface area contributed by atoms with Crippen molar-refractivity contribution in [3.63, 3.8) is 0 Å². The van der Waals surface area contributed by atoms with Crippen LogP contribution in [0.5, 0.6) is 0 Å². The van der Waals surface area contributed by atoms with E-state index in [1.807, 2.05) is 30.1 Å². The van der Waals surface area contributed by atoms with Gasteiger partial charge in [0.2, 0.25) is 11.8 Å². The van der Waals surface area contributed by atoms with Gasteiger partial charge in [-0.25, -0.2) is 0 Å². The molecule has 8 heteroatoms. The van der Waals surface area contributed by atoms with Crippen LogP contribution < -0.4 is 15.5 Å². The van der Waals surface area contributed by atoms with Gasteiger partial charge in [-0.05, 0) is 19.2 Å². The molecule has 0 atom stereocenters. The van der Waals surface area contributed by atoms with E-state index in [1.165, 1.54) is 5.69 Å². The van der Waals surface area contributed by atoms with Gasteiger partial charge in [-0.2, -0.15) is 0 Å².